The lowest BCUT2D eigenvalue weighted by Gasteiger charge is -2.27. The maximum atomic E-state index is 14.3. The number of halogens is 1. The van der Waals surface area contributed by atoms with E-state index in [2.05, 4.69) is 20.3 Å². The van der Waals surface area contributed by atoms with Crippen LogP contribution >= 0.6 is 0 Å². The summed E-state index contributed by atoms with van der Waals surface area (Å²) < 4.78 is 14.3. The van der Waals surface area contributed by atoms with E-state index in [0.717, 1.165) is 19.3 Å². The van der Waals surface area contributed by atoms with Crippen molar-refractivity contribution < 1.29 is 9.18 Å². The highest BCUT2D eigenvalue weighted by atomic mass is 19.1. The molecule has 9 heteroatoms. The topological polar surface area (TPSA) is 121 Å². The molecule has 1 aromatic carbocycles. The minimum absolute atomic E-state index is 0.0858. The van der Waals surface area contributed by atoms with Crippen LogP contribution in [0.5, 0.6) is 0 Å². The third-order valence-electron chi connectivity index (χ3n) is 5.39. The summed E-state index contributed by atoms with van der Waals surface area (Å²) in [5, 5.41) is 12.9. The lowest BCUT2D eigenvalue weighted by Crippen LogP contribution is -2.36. The molecule has 1 amide bonds. The molecular formula is C22H22FN7O. The Morgan fingerprint density at radius 2 is 2.06 bits per heavy atom. The third-order valence-corrected chi connectivity index (χ3v) is 5.39. The first-order valence-corrected chi connectivity index (χ1v) is 10.2. The number of piperidine rings is 1. The van der Waals surface area contributed by atoms with Gasteiger partial charge in [0.15, 0.2) is 0 Å². The molecule has 158 valence electrons. The predicted octanol–water partition coefficient (Wildman–Crippen LogP) is 2.90. The molecule has 0 saturated carbocycles. The quantitative estimate of drug-likeness (QED) is 0.652. The van der Waals surface area contributed by atoms with Gasteiger partial charge in [0, 0.05) is 31.4 Å². The zero-order valence-corrected chi connectivity index (χ0v) is 16.9. The highest BCUT2D eigenvalue weighted by Gasteiger charge is 2.23. The van der Waals surface area contributed by atoms with Crippen molar-refractivity contribution in [3.05, 3.63) is 53.2 Å². The fourth-order valence-corrected chi connectivity index (χ4v) is 3.79. The number of fused-ring (bicyclic) bond motifs is 1. The number of nitriles is 1. The van der Waals surface area contributed by atoms with Crippen molar-refractivity contribution in [1.29, 1.82) is 5.26 Å². The average Bonchev–Trinajstić information content (AvgIpc) is 2.79. The highest BCUT2D eigenvalue weighted by Crippen LogP contribution is 2.23. The van der Waals surface area contributed by atoms with Gasteiger partial charge in [-0.15, -0.1) is 0 Å². The lowest BCUT2D eigenvalue weighted by molar-refractivity contribution is 0.0723. The van der Waals surface area contributed by atoms with Crippen molar-refractivity contribution >= 4 is 28.4 Å². The van der Waals surface area contributed by atoms with Gasteiger partial charge in [-0.25, -0.2) is 19.3 Å². The second kappa shape index (κ2) is 8.92. The minimum atomic E-state index is -0.431. The Balaban J connectivity index is 1.63. The van der Waals surface area contributed by atoms with Crippen LogP contribution in [0.4, 0.5) is 16.0 Å². The van der Waals surface area contributed by atoms with Crippen LogP contribution < -0.4 is 11.1 Å². The van der Waals surface area contributed by atoms with E-state index in [1.165, 1.54) is 12.4 Å². The van der Waals surface area contributed by atoms with E-state index in [4.69, 9.17) is 5.73 Å². The van der Waals surface area contributed by atoms with Gasteiger partial charge in [-0.05, 0) is 31.4 Å². The number of nitrogens with one attached hydrogen (secondary N) is 1. The molecule has 0 bridgehead atoms. The van der Waals surface area contributed by atoms with Crippen LogP contribution in [0.2, 0.25) is 0 Å². The largest absolute Gasteiger partial charge is 0.382 e. The number of benzene rings is 1. The summed E-state index contributed by atoms with van der Waals surface area (Å²) >= 11 is 0. The maximum absolute atomic E-state index is 14.3. The molecule has 1 aliphatic heterocycles. The van der Waals surface area contributed by atoms with Crippen LogP contribution in [-0.4, -0.2) is 45.4 Å². The second-order valence-corrected chi connectivity index (χ2v) is 7.42. The van der Waals surface area contributed by atoms with Crippen LogP contribution in [0.3, 0.4) is 0 Å². The molecule has 0 atom stereocenters. The van der Waals surface area contributed by atoms with Crippen molar-refractivity contribution in [3.63, 3.8) is 0 Å². The number of hydrogen-bond donors (Lipinski definition) is 2. The Morgan fingerprint density at radius 1 is 1.26 bits per heavy atom. The predicted molar refractivity (Wildman–Crippen MR) is 115 cm³/mol. The number of anilines is 2. The van der Waals surface area contributed by atoms with Crippen LogP contribution in [0.25, 0.3) is 10.9 Å². The smallest absolute Gasteiger partial charge is 0.255 e. The SMILES string of the molecule is N#Cc1c(N)ncnc1NCCc1nc2c(F)cccc2cc1C(=O)N1CCCCC1. The van der Waals surface area contributed by atoms with Gasteiger partial charge in [0.05, 0.1) is 11.3 Å². The standard InChI is InChI=1S/C22H22FN7O/c23-17-6-4-5-14-11-15(22(31)30-9-2-1-3-10-30)18(29-19(14)17)7-8-26-21-16(12-24)20(25)27-13-28-21/h4-6,11,13H,1-3,7-10H2,(H3,25,26,27,28). The summed E-state index contributed by atoms with van der Waals surface area (Å²) in [6, 6.07) is 8.42. The Labute approximate surface area is 178 Å². The number of carbonyl (C=O) groups excluding carboxylic acids is 1. The Morgan fingerprint density at radius 3 is 2.84 bits per heavy atom. The Bertz CT molecular complexity index is 1170. The number of amides is 1. The van der Waals surface area contributed by atoms with E-state index >= 15 is 0 Å². The first-order chi connectivity index (χ1) is 15.1. The summed E-state index contributed by atoms with van der Waals surface area (Å²) in [6.45, 7) is 1.76. The first-order valence-electron chi connectivity index (χ1n) is 10.2. The second-order valence-electron chi connectivity index (χ2n) is 7.42. The number of likely N-dealkylation sites (tertiary alicyclic amines) is 1. The van der Waals surface area contributed by atoms with Crippen LogP contribution in [0.15, 0.2) is 30.6 Å². The summed E-state index contributed by atoms with van der Waals surface area (Å²) in [6.07, 6.45) is 4.68. The van der Waals surface area contributed by atoms with Crippen LogP contribution in [-0.2, 0) is 6.42 Å². The molecule has 0 aliphatic carbocycles. The zero-order valence-electron chi connectivity index (χ0n) is 16.9. The number of aromatic nitrogens is 3. The van der Waals surface area contributed by atoms with E-state index < -0.39 is 5.82 Å². The number of carbonyl (C=O) groups is 1. The van der Waals surface area contributed by atoms with Gasteiger partial charge < -0.3 is 16.0 Å². The molecule has 3 N–H and O–H groups in total. The first kappa shape index (κ1) is 20.5. The minimum Gasteiger partial charge on any atom is -0.382 e. The molecular weight excluding hydrogens is 397 g/mol. The third kappa shape index (κ3) is 4.23. The molecule has 31 heavy (non-hydrogen) atoms. The zero-order chi connectivity index (χ0) is 21.8. The highest BCUT2D eigenvalue weighted by molar-refractivity contribution is 5.98. The number of nitrogen functional groups attached to an aromatic ring is 1. The van der Waals surface area contributed by atoms with Gasteiger partial charge in [0.2, 0.25) is 0 Å². The van der Waals surface area contributed by atoms with E-state index in [1.807, 2.05) is 11.0 Å². The molecule has 8 nitrogen and oxygen atoms in total. The van der Waals surface area contributed by atoms with Crippen LogP contribution in [0.1, 0.15) is 40.9 Å². The maximum Gasteiger partial charge on any atom is 0.255 e. The van der Waals surface area contributed by atoms with E-state index in [-0.39, 0.29) is 22.8 Å². The monoisotopic (exact) mass is 419 g/mol. The van der Waals surface area contributed by atoms with Crippen molar-refractivity contribution in [2.45, 2.75) is 25.7 Å². The van der Waals surface area contributed by atoms with Crippen molar-refractivity contribution in [1.82, 2.24) is 19.9 Å². The van der Waals surface area contributed by atoms with Gasteiger partial charge >= 0.3 is 0 Å². The number of nitrogens with zero attached hydrogens (tertiary/aromatic N) is 5. The van der Waals surface area contributed by atoms with E-state index in [0.29, 0.717) is 48.5 Å². The van der Waals surface area contributed by atoms with Crippen molar-refractivity contribution in [3.8, 4) is 6.07 Å². The van der Waals surface area contributed by atoms with E-state index in [1.54, 1.807) is 18.2 Å². The molecule has 0 unspecified atom stereocenters. The average molecular weight is 419 g/mol. The fraction of sp³-hybridized carbons (Fsp3) is 0.318. The molecule has 0 spiro atoms. The molecule has 4 rings (SSSR count). The summed E-state index contributed by atoms with van der Waals surface area (Å²) in [4.78, 5) is 27.4. The Hall–Kier alpha value is -3.80. The number of rotatable bonds is 5. The summed E-state index contributed by atoms with van der Waals surface area (Å²) in [5.74, 6) is -0.117. The molecule has 1 saturated heterocycles. The summed E-state index contributed by atoms with van der Waals surface area (Å²) in [5.41, 5.74) is 7.09. The normalized spacial score (nSPS) is 13.7. The van der Waals surface area contributed by atoms with Crippen molar-refractivity contribution in [2.24, 2.45) is 0 Å². The van der Waals surface area contributed by atoms with Crippen molar-refractivity contribution in [2.75, 3.05) is 30.7 Å². The van der Waals surface area contributed by atoms with Gasteiger partial charge in [-0.3, -0.25) is 4.79 Å². The number of pyridine rings is 1. The van der Waals surface area contributed by atoms with Gasteiger partial charge in [0.1, 0.15) is 40.9 Å². The number of para-hydroxylation sites is 1. The van der Waals surface area contributed by atoms with Gasteiger partial charge in [0.25, 0.3) is 5.91 Å². The molecule has 3 heterocycles. The fourth-order valence-electron chi connectivity index (χ4n) is 3.79. The molecule has 1 aliphatic rings. The van der Waals surface area contributed by atoms with E-state index in [9.17, 15) is 14.4 Å². The lowest BCUT2D eigenvalue weighted by atomic mass is 10.0. The molecule has 2 aromatic heterocycles. The van der Waals surface area contributed by atoms with Gasteiger partial charge in [-0.2, -0.15) is 5.26 Å². The summed E-state index contributed by atoms with van der Waals surface area (Å²) in [7, 11) is 0. The number of nitrogens with two attached hydrogens (primary N) is 1. The van der Waals surface area contributed by atoms with Gasteiger partial charge in [-0.1, -0.05) is 12.1 Å². The molecule has 3 aromatic rings. The molecule has 1 fully saturated rings. The van der Waals surface area contributed by atoms with Crippen LogP contribution in [0, 0.1) is 17.1 Å². The number of hydrogen-bond acceptors (Lipinski definition) is 7. The Kier molecular flexibility index (Phi) is 5.89. The molecule has 0 radical (unpaired) electrons.